The molecule has 0 aliphatic carbocycles. The molecular formula is C33H38FN11O13P2. The van der Waals surface area contributed by atoms with Crippen molar-refractivity contribution in [3.05, 3.63) is 65.2 Å². The van der Waals surface area contributed by atoms with Gasteiger partial charge in [-0.05, 0) is 12.1 Å². The van der Waals surface area contributed by atoms with Crippen LogP contribution in [0.25, 0.3) is 22.3 Å². The van der Waals surface area contributed by atoms with Crippen LogP contribution < -0.4 is 21.3 Å². The summed E-state index contributed by atoms with van der Waals surface area (Å²) in [7, 11) is -8.64. The second-order valence-corrected chi connectivity index (χ2v) is 17.4. The largest absolute Gasteiger partial charge is 0.472 e. The predicted octanol–water partition coefficient (Wildman–Crippen LogP) is 1.79. The molecule has 4 aromatic heterocycles. The Kier molecular flexibility index (Phi) is 11.5. The SMILES string of the molecule is COP1(=O)NCC2OC(n3cnc4c(NC(=O)c5ccccc5)ncnc43)C(F)C2OP(=O)(O)OCC2OC(n3cnc4c(=O)[nH]c(NC(=O)C(C)C)nc43)C(O1)C2CO. The molecule has 5 aromatic rings. The second kappa shape index (κ2) is 16.5. The highest BCUT2D eigenvalue weighted by Crippen LogP contribution is 2.54. The number of carbonyl (C=O) groups excluding carboxylic acids is 2. The summed E-state index contributed by atoms with van der Waals surface area (Å²) in [4.78, 5) is 72.7. The zero-order valence-electron chi connectivity index (χ0n) is 31.7. The van der Waals surface area contributed by atoms with Crippen molar-refractivity contribution in [3.63, 3.8) is 0 Å². The average Bonchev–Trinajstić information content (AvgIpc) is 4.00. The van der Waals surface area contributed by atoms with Gasteiger partial charge in [0, 0.05) is 31.1 Å². The van der Waals surface area contributed by atoms with Crippen LogP contribution in [-0.2, 0) is 41.5 Å². The Morgan fingerprint density at radius 2 is 1.70 bits per heavy atom. The molecule has 10 unspecified atom stereocenters. The van der Waals surface area contributed by atoms with E-state index >= 15 is 4.39 Å². The Bertz CT molecular complexity index is 2580. The third-order valence-corrected chi connectivity index (χ3v) is 12.5. The van der Waals surface area contributed by atoms with E-state index < -0.39 is 108 Å². The number of amides is 2. The van der Waals surface area contributed by atoms with Crippen LogP contribution in [0, 0.1) is 11.8 Å². The van der Waals surface area contributed by atoms with Crippen LogP contribution in [-0.4, -0.2) is 118 Å². The molecule has 2 amide bonds. The van der Waals surface area contributed by atoms with E-state index in [1.807, 2.05) is 0 Å². The molecule has 8 rings (SSSR count). The molecule has 10 atom stereocenters. The lowest BCUT2D eigenvalue weighted by Crippen LogP contribution is -2.38. The Labute approximate surface area is 337 Å². The number of carbonyl (C=O) groups is 2. The van der Waals surface area contributed by atoms with Crippen LogP contribution in [0.3, 0.4) is 0 Å². The summed E-state index contributed by atoms with van der Waals surface area (Å²) in [6.45, 7) is 1.22. The number of benzene rings is 1. The van der Waals surface area contributed by atoms with E-state index in [9.17, 15) is 33.5 Å². The maximum absolute atomic E-state index is 16.6. The summed E-state index contributed by atoms with van der Waals surface area (Å²) >= 11 is 0. The number of phosphoric ester groups is 1. The Morgan fingerprint density at radius 1 is 0.983 bits per heavy atom. The zero-order chi connectivity index (χ0) is 42.5. The first-order valence-corrected chi connectivity index (χ1v) is 21.4. The number of halogens is 1. The molecule has 1 aromatic carbocycles. The van der Waals surface area contributed by atoms with Crippen LogP contribution in [0.1, 0.15) is 36.7 Å². The molecule has 27 heteroatoms. The monoisotopic (exact) mass is 877 g/mol. The lowest BCUT2D eigenvalue weighted by molar-refractivity contribution is -0.118. The van der Waals surface area contributed by atoms with Crippen molar-refractivity contribution in [1.29, 1.82) is 0 Å². The van der Waals surface area contributed by atoms with E-state index in [1.54, 1.807) is 44.2 Å². The van der Waals surface area contributed by atoms with Crippen LogP contribution >= 0.6 is 15.6 Å². The van der Waals surface area contributed by atoms with E-state index in [0.29, 0.717) is 5.56 Å². The molecule has 6 N–H and O–H groups in total. The minimum Gasteiger partial charge on any atom is -0.396 e. The summed E-state index contributed by atoms with van der Waals surface area (Å²) in [6.07, 6.45) is -7.83. The number of aliphatic hydroxyl groups excluding tert-OH is 1. The standard InChI is InChI=1S/C33H38FN11O13P2/c1-15(2)28(47)42-33-41-27-22(30(49)43-33)38-14-45(27)32-23-17(10-46)19(56-32)11-54-60(51,52)58-24-18(9-39-59(50,53-3)57-23)55-31(20(24)34)44-13-37-21-25(35-12-36-26(21)44)40-29(48)16-7-5-4-6-8-16/h4-8,12-15,17-20,23-24,31-32,46H,9-11H2,1-3H3,(H,39,50)(H,51,52)(H,35,36,40,48)(H2,41,42,43,47,49). The molecule has 3 aliphatic rings. The van der Waals surface area contributed by atoms with Gasteiger partial charge in [-0.3, -0.25) is 47.4 Å². The highest BCUT2D eigenvalue weighted by Gasteiger charge is 2.54. The predicted molar refractivity (Wildman–Crippen MR) is 203 cm³/mol. The van der Waals surface area contributed by atoms with E-state index in [2.05, 4.69) is 45.6 Å². The molecule has 0 spiro atoms. The molecule has 3 aliphatic heterocycles. The number of rotatable bonds is 8. The van der Waals surface area contributed by atoms with Gasteiger partial charge in [-0.1, -0.05) is 32.0 Å². The van der Waals surface area contributed by atoms with Gasteiger partial charge < -0.3 is 29.3 Å². The summed E-state index contributed by atoms with van der Waals surface area (Å²) in [5.41, 5.74) is -0.595. The van der Waals surface area contributed by atoms with Gasteiger partial charge in [0.1, 0.15) is 24.6 Å². The van der Waals surface area contributed by atoms with Crippen molar-refractivity contribution in [1.82, 2.24) is 44.1 Å². The van der Waals surface area contributed by atoms with Gasteiger partial charge in [0.15, 0.2) is 46.8 Å². The number of H-pyrrole nitrogens is 1. The number of aromatic amines is 1. The van der Waals surface area contributed by atoms with Crippen LogP contribution in [0.4, 0.5) is 16.2 Å². The zero-order valence-corrected chi connectivity index (χ0v) is 33.5. The number of hydrogen-bond donors (Lipinski definition) is 6. The normalized spacial score (nSPS) is 31.1. The van der Waals surface area contributed by atoms with Crippen LogP contribution in [0.15, 0.2) is 54.1 Å². The number of anilines is 2. The van der Waals surface area contributed by atoms with Crippen LogP contribution in [0.2, 0.25) is 0 Å². The molecular weight excluding hydrogens is 839 g/mol. The minimum absolute atomic E-state index is 0.00821. The molecule has 24 nitrogen and oxygen atoms in total. The van der Waals surface area contributed by atoms with Gasteiger partial charge >= 0.3 is 15.6 Å². The van der Waals surface area contributed by atoms with Crippen molar-refractivity contribution in [2.45, 2.75) is 56.9 Å². The molecule has 3 saturated heterocycles. The molecule has 60 heavy (non-hydrogen) atoms. The van der Waals surface area contributed by atoms with Crippen LogP contribution in [0.5, 0.6) is 0 Å². The van der Waals surface area contributed by atoms with Crippen molar-refractivity contribution in [3.8, 4) is 0 Å². The van der Waals surface area contributed by atoms with Crippen molar-refractivity contribution >= 4 is 61.5 Å². The number of phosphoric acid groups is 1. The molecule has 0 saturated carbocycles. The third-order valence-electron chi connectivity index (χ3n) is 9.99. The molecule has 7 heterocycles. The summed E-state index contributed by atoms with van der Waals surface area (Å²) in [5.74, 6) is -2.76. The Balaban J connectivity index is 1.09. The van der Waals surface area contributed by atoms with E-state index in [0.717, 1.165) is 19.8 Å². The average molecular weight is 878 g/mol. The van der Waals surface area contributed by atoms with E-state index in [4.69, 9.17) is 27.6 Å². The van der Waals surface area contributed by atoms with Gasteiger partial charge in [0.05, 0.1) is 32.0 Å². The molecule has 3 fully saturated rings. The Morgan fingerprint density at radius 3 is 2.42 bits per heavy atom. The van der Waals surface area contributed by atoms with Gasteiger partial charge in [-0.15, -0.1) is 0 Å². The first-order chi connectivity index (χ1) is 28.7. The lowest BCUT2D eigenvalue weighted by Gasteiger charge is -2.28. The van der Waals surface area contributed by atoms with Crippen molar-refractivity contribution in [2.24, 2.45) is 11.8 Å². The fraction of sp³-hybridized carbons (Fsp3) is 0.455. The third kappa shape index (κ3) is 8.01. The number of ether oxygens (including phenoxy) is 2. The molecule has 2 bridgehead atoms. The van der Waals surface area contributed by atoms with E-state index in [-0.39, 0.29) is 34.1 Å². The minimum atomic E-state index is -5.19. The Hall–Kier alpha value is -4.91. The fourth-order valence-corrected chi connectivity index (χ4v) is 9.15. The summed E-state index contributed by atoms with van der Waals surface area (Å²) in [5, 5.41) is 18.3. The maximum Gasteiger partial charge on any atom is 0.472 e. The number of nitrogens with zero attached hydrogens (tertiary/aromatic N) is 7. The highest BCUT2D eigenvalue weighted by atomic mass is 31.2. The topological polar surface area (TPSA) is 307 Å². The number of aliphatic hydroxyl groups is 1. The summed E-state index contributed by atoms with van der Waals surface area (Å²) in [6, 6.07) is 8.30. The number of nitrogens with one attached hydrogen (secondary N) is 4. The van der Waals surface area contributed by atoms with Gasteiger partial charge in [0.2, 0.25) is 11.9 Å². The number of hydrogen-bond acceptors (Lipinski definition) is 17. The molecule has 0 radical (unpaired) electrons. The number of aromatic nitrogens is 8. The highest BCUT2D eigenvalue weighted by molar-refractivity contribution is 7.51. The number of fused-ring (bicyclic) bond motifs is 5. The van der Waals surface area contributed by atoms with Crippen molar-refractivity contribution < 1.29 is 60.7 Å². The van der Waals surface area contributed by atoms with E-state index in [1.165, 1.54) is 15.5 Å². The smallest absolute Gasteiger partial charge is 0.396 e. The summed E-state index contributed by atoms with van der Waals surface area (Å²) < 4.78 is 81.1. The lowest BCUT2D eigenvalue weighted by atomic mass is 9.99. The first kappa shape index (κ1) is 41.8. The maximum atomic E-state index is 16.6. The van der Waals surface area contributed by atoms with Gasteiger partial charge in [-0.25, -0.2) is 38.5 Å². The second-order valence-electron chi connectivity index (χ2n) is 14.1. The first-order valence-electron chi connectivity index (χ1n) is 18.3. The number of imidazole rings is 2. The molecule has 320 valence electrons. The van der Waals surface area contributed by atoms with Gasteiger partial charge in [-0.2, -0.15) is 4.98 Å². The number of alkyl halides is 1. The van der Waals surface area contributed by atoms with Crippen molar-refractivity contribution in [2.75, 3.05) is 37.5 Å². The fourth-order valence-electron chi connectivity index (χ4n) is 6.92. The van der Waals surface area contributed by atoms with Gasteiger partial charge in [0.25, 0.3) is 11.5 Å². The quantitative estimate of drug-likeness (QED) is 0.121.